The maximum atomic E-state index is 14.1. The Bertz CT molecular complexity index is 1460. The van der Waals surface area contributed by atoms with Crippen LogP contribution in [0.25, 0.3) is 0 Å². The van der Waals surface area contributed by atoms with Gasteiger partial charge in [-0.2, -0.15) is 0 Å². The van der Waals surface area contributed by atoms with Crippen LogP contribution in [0, 0.1) is 23.4 Å². The van der Waals surface area contributed by atoms with Crippen molar-refractivity contribution >= 4 is 27.9 Å². The molecule has 2 aliphatic rings. The first kappa shape index (κ1) is 33.6. The van der Waals surface area contributed by atoms with Gasteiger partial charge in [-0.3, -0.25) is 4.79 Å². The molecule has 4 rings (SSSR count). The van der Waals surface area contributed by atoms with E-state index in [4.69, 9.17) is 20.7 Å². The molecule has 0 spiro atoms. The number of nitrogens with one attached hydrogen (secondary N) is 1. The van der Waals surface area contributed by atoms with Gasteiger partial charge in [-0.25, -0.2) is 35.9 Å². The van der Waals surface area contributed by atoms with Gasteiger partial charge in [0.25, 0.3) is 0 Å². The number of rotatable bonds is 10. The van der Waals surface area contributed by atoms with Crippen LogP contribution in [0.5, 0.6) is 5.75 Å². The lowest BCUT2D eigenvalue weighted by Gasteiger charge is -2.41. The van der Waals surface area contributed by atoms with E-state index in [0.29, 0.717) is 31.1 Å². The van der Waals surface area contributed by atoms with E-state index in [1.807, 2.05) is 0 Å². The quantitative estimate of drug-likeness (QED) is 0.228. The molecule has 5 N–H and O–H groups in total. The molecule has 11 nitrogen and oxygen atoms in total. The van der Waals surface area contributed by atoms with Crippen molar-refractivity contribution < 1.29 is 50.9 Å². The van der Waals surface area contributed by atoms with E-state index in [2.05, 4.69) is 4.72 Å². The molecule has 0 aliphatic carbocycles. The molecule has 0 aromatic heterocycles. The van der Waals surface area contributed by atoms with E-state index >= 15 is 0 Å². The summed E-state index contributed by atoms with van der Waals surface area (Å²) in [7, 11) is -2.59. The Morgan fingerprint density at radius 2 is 1.58 bits per heavy atom. The van der Waals surface area contributed by atoms with Gasteiger partial charge in [0, 0.05) is 36.3 Å². The molecule has 2 aromatic carbocycles. The number of carboxylic acids is 2. The molecule has 1 amide bonds. The van der Waals surface area contributed by atoms with Crippen molar-refractivity contribution in [1.82, 2.24) is 9.62 Å². The van der Waals surface area contributed by atoms with Crippen molar-refractivity contribution in [1.29, 1.82) is 0 Å². The number of carbonyl (C=O) groups is 3. The lowest BCUT2D eigenvalue weighted by Crippen LogP contribution is -2.52. The van der Waals surface area contributed by atoms with Gasteiger partial charge in [-0.05, 0) is 61.8 Å². The highest BCUT2D eigenvalue weighted by molar-refractivity contribution is 7.89. The van der Waals surface area contributed by atoms with E-state index in [0.717, 1.165) is 18.9 Å². The maximum Gasteiger partial charge on any atom is 0.328 e. The fourth-order valence-corrected chi connectivity index (χ4v) is 6.57. The number of piperidine rings is 1. The van der Waals surface area contributed by atoms with Crippen molar-refractivity contribution in [3.63, 3.8) is 0 Å². The zero-order chi connectivity index (χ0) is 31.9. The Morgan fingerprint density at radius 1 is 1.02 bits per heavy atom. The van der Waals surface area contributed by atoms with Gasteiger partial charge < -0.3 is 25.6 Å². The number of carboxylic acid groups (broad SMARTS) is 2. The van der Waals surface area contributed by atoms with Crippen LogP contribution in [0.2, 0.25) is 0 Å². The summed E-state index contributed by atoms with van der Waals surface area (Å²) in [6.07, 6.45) is 3.85. The topological polar surface area (TPSA) is 176 Å². The Hall–Kier alpha value is -3.95. The predicted molar refractivity (Wildman–Crippen MR) is 147 cm³/mol. The first-order valence-electron chi connectivity index (χ1n) is 13.2. The molecule has 234 valence electrons. The molecule has 2 saturated heterocycles. The highest BCUT2D eigenvalue weighted by Crippen LogP contribution is 2.40. The van der Waals surface area contributed by atoms with E-state index in [9.17, 15) is 36.0 Å². The Kier molecular flexibility index (Phi) is 11.3. The molecule has 2 aromatic rings. The summed E-state index contributed by atoms with van der Waals surface area (Å²) >= 11 is 0. The van der Waals surface area contributed by atoms with Crippen molar-refractivity contribution in [2.24, 2.45) is 11.7 Å². The second-order valence-corrected chi connectivity index (χ2v) is 11.9. The van der Waals surface area contributed by atoms with E-state index in [1.54, 1.807) is 17.0 Å². The second kappa shape index (κ2) is 14.5. The number of nitrogens with zero attached hydrogens (tertiary/aromatic N) is 1. The molecule has 43 heavy (non-hydrogen) atoms. The molecule has 2 aliphatic heterocycles. The van der Waals surface area contributed by atoms with Crippen molar-refractivity contribution in [2.75, 3.05) is 13.7 Å². The fourth-order valence-electron chi connectivity index (χ4n) is 5.43. The predicted octanol–water partition coefficient (Wildman–Crippen LogP) is 2.44. The van der Waals surface area contributed by atoms with Crippen LogP contribution in [-0.4, -0.2) is 73.2 Å². The summed E-state index contributed by atoms with van der Waals surface area (Å²) < 4.78 is 73.7. The van der Waals surface area contributed by atoms with Gasteiger partial charge in [-0.1, -0.05) is 12.1 Å². The molecule has 4 atom stereocenters. The number of amides is 1. The molecule has 2 heterocycles. The van der Waals surface area contributed by atoms with Gasteiger partial charge in [0.05, 0.1) is 13.7 Å². The Morgan fingerprint density at radius 3 is 2.14 bits per heavy atom. The third kappa shape index (κ3) is 8.78. The van der Waals surface area contributed by atoms with Gasteiger partial charge in [0.15, 0.2) is 11.6 Å². The third-order valence-electron chi connectivity index (χ3n) is 7.35. The number of ether oxygens (including phenoxy) is 1. The molecule has 0 saturated carbocycles. The largest absolute Gasteiger partial charge is 0.495 e. The molecule has 2 bridgehead atoms. The minimum Gasteiger partial charge on any atom is -0.495 e. The number of sulfonamides is 1. The first-order valence-corrected chi connectivity index (χ1v) is 14.7. The summed E-state index contributed by atoms with van der Waals surface area (Å²) in [5.41, 5.74) is 6.35. The Labute approximate surface area is 246 Å². The SMILES string of the molecule is COc1ccccc1S(=O)(=O)NCC(=O)N1[C@@H]2CC[C@H]1CC([C@H](N)Cc1cc(F)c(F)cc1F)C2.O=C(O)/C=C\C(=O)O. The van der Waals surface area contributed by atoms with Crippen LogP contribution in [0.4, 0.5) is 13.2 Å². The van der Waals surface area contributed by atoms with Crippen LogP contribution in [0.1, 0.15) is 31.2 Å². The number of aliphatic carboxylic acids is 2. The first-order chi connectivity index (χ1) is 20.2. The standard InChI is InChI=1S/C24H28F3N3O4S.C4H4O4/c1-34-22-4-2-3-5-23(22)35(32,33)29-13-24(31)30-16-6-7-17(30)9-15(8-16)21(28)11-14-10-19(26)20(27)12-18(14)25;5-3(6)1-2-4(7)8/h2-5,10,12,15-17,21,29H,6-9,11,13,28H2,1H3;1-2H,(H,5,6)(H,7,8)/b;2-1-/t15?,16-,17+,21-;/m1./s1. The lowest BCUT2D eigenvalue weighted by atomic mass is 9.82. The third-order valence-corrected chi connectivity index (χ3v) is 8.79. The molecule has 2 fully saturated rings. The lowest BCUT2D eigenvalue weighted by molar-refractivity contribution is -0.135. The maximum absolute atomic E-state index is 14.1. The van der Waals surface area contributed by atoms with E-state index in [-0.39, 0.29) is 53.1 Å². The van der Waals surface area contributed by atoms with Gasteiger partial charge >= 0.3 is 11.9 Å². The number of benzene rings is 2. The van der Waals surface area contributed by atoms with Crippen LogP contribution >= 0.6 is 0 Å². The highest BCUT2D eigenvalue weighted by atomic mass is 32.2. The van der Waals surface area contributed by atoms with Crippen molar-refractivity contribution in [2.45, 2.75) is 55.1 Å². The van der Waals surface area contributed by atoms with Crippen LogP contribution < -0.4 is 15.2 Å². The smallest absolute Gasteiger partial charge is 0.328 e. The van der Waals surface area contributed by atoms with Gasteiger partial charge in [-0.15, -0.1) is 0 Å². The number of halogens is 3. The molecule has 15 heteroatoms. The van der Waals surface area contributed by atoms with Crippen LogP contribution in [0.3, 0.4) is 0 Å². The highest BCUT2D eigenvalue weighted by Gasteiger charge is 2.44. The normalized spacial score (nSPS) is 20.3. The number of hydrogen-bond acceptors (Lipinski definition) is 7. The number of nitrogens with two attached hydrogens (primary N) is 1. The van der Waals surface area contributed by atoms with E-state index < -0.39 is 45.5 Å². The van der Waals surface area contributed by atoms with Gasteiger partial charge in [0.1, 0.15) is 16.5 Å². The number of methoxy groups -OCH3 is 1. The second-order valence-electron chi connectivity index (χ2n) is 10.1. The summed E-state index contributed by atoms with van der Waals surface area (Å²) in [6.45, 7) is -0.385. The number of hydrogen-bond donors (Lipinski definition) is 4. The number of fused-ring (bicyclic) bond motifs is 2. The average Bonchev–Trinajstić information content (AvgIpc) is 3.22. The average molecular weight is 628 g/mol. The summed E-state index contributed by atoms with van der Waals surface area (Å²) in [4.78, 5) is 33.8. The molecule has 0 radical (unpaired) electrons. The monoisotopic (exact) mass is 627 g/mol. The summed E-state index contributed by atoms with van der Waals surface area (Å²) in [5.74, 6) is -5.89. The summed E-state index contributed by atoms with van der Waals surface area (Å²) in [5, 5.41) is 15.6. The summed E-state index contributed by atoms with van der Waals surface area (Å²) in [6, 6.07) is 6.80. The Balaban J connectivity index is 0.000000557. The molecular formula is C28H32F3N3O8S. The molecular weight excluding hydrogens is 595 g/mol. The minimum absolute atomic E-state index is 0.0213. The van der Waals surface area contributed by atoms with E-state index in [1.165, 1.54) is 19.2 Å². The number of carbonyl (C=O) groups excluding carboxylic acids is 1. The molecule has 1 unspecified atom stereocenters. The zero-order valence-corrected chi connectivity index (χ0v) is 23.9. The van der Waals surface area contributed by atoms with Crippen molar-refractivity contribution in [3.05, 3.63) is 71.6 Å². The fraction of sp³-hybridized carbons (Fsp3) is 0.393. The van der Waals surface area contributed by atoms with Crippen molar-refractivity contribution in [3.8, 4) is 5.75 Å². The van der Waals surface area contributed by atoms with Crippen LogP contribution in [0.15, 0.2) is 53.4 Å². The van der Waals surface area contributed by atoms with Gasteiger partial charge in [0.2, 0.25) is 15.9 Å². The zero-order valence-electron chi connectivity index (χ0n) is 23.1. The van der Waals surface area contributed by atoms with Crippen LogP contribution in [-0.2, 0) is 30.8 Å². The number of para-hydroxylation sites is 1. The minimum atomic E-state index is -3.96.